The number of methoxy groups -OCH3 is 1. The van der Waals surface area contributed by atoms with Gasteiger partial charge in [-0.2, -0.15) is 0 Å². The topological polar surface area (TPSA) is 72.8 Å². The smallest absolute Gasteiger partial charge is 0.197 e. The molecule has 0 saturated heterocycles. The number of ether oxygens (including phenoxy) is 1. The molecule has 0 amide bonds. The molecule has 1 aromatic carbocycles. The number of benzene rings is 1. The van der Waals surface area contributed by atoms with Gasteiger partial charge in [0.25, 0.3) is 0 Å². The number of aromatic amines is 1. The second kappa shape index (κ2) is 6.76. The van der Waals surface area contributed by atoms with Crippen molar-refractivity contribution >= 4 is 21.8 Å². The van der Waals surface area contributed by atoms with Crippen LogP contribution < -0.4 is 4.74 Å². The van der Waals surface area contributed by atoms with Crippen LogP contribution in [0, 0.1) is 6.92 Å². The highest BCUT2D eigenvalue weighted by Gasteiger charge is 2.15. The van der Waals surface area contributed by atoms with E-state index in [0.717, 1.165) is 0 Å². The van der Waals surface area contributed by atoms with Crippen LogP contribution in [-0.2, 0) is 16.5 Å². The Hall–Kier alpha value is -2.93. The van der Waals surface area contributed by atoms with E-state index in [4.69, 9.17) is 14.3 Å². The highest BCUT2D eigenvalue weighted by molar-refractivity contribution is 7.84. The predicted molar refractivity (Wildman–Crippen MR) is 101 cm³/mol. The van der Waals surface area contributed by atoms with Crippen LogP contribution in [0.2, 0.25) is 0 Å². The Morgan fingerprint density at radius 1 is 1.35 bits per heavy atom. The lowest BCUT2D eigenvalue weighted by molar-refractivity contribution is 0.410. The molecule has 0 spiro atoms. The van der Waals surface area contributed by atoms with Crippen molar-refractivity contribution in [2.45, 2.75) is 17.8 Å². The van der Waals surface area contributed by atoms with Gasteiger partial charge in [0.05, 0.1) is 47.2 Å². The predicted octanol–water partition coefficient (Wildman–Crippen LogP) is 3.37. The van der Waals surface area contributed by atoms with Gasteiger partial charge in [-0.25, -0.2) is 4.98 Å². The number of rotatable bonds is 5. The van der Waals surface area contributed by atoms with Gasteiger partial charge in [0.1, 0.15) is 5.75 Å². The highest BCUT2D eigenvalue weighted by Crippen LogP contribution is 2.22. The minimum atomic E-state index is -2.65. The van der Waals surface area contributed by atoms with Crippen LogP contribution in [0.5, 0.6) is 5.75 Å². The molecule has 4 rings (SSSR count). The monoisotopic (exact) mass is 373 g/mol. The van der Waals surface area contributed by atoms with E-state index in [1.54, 1.807) is 24.5 Å². The molecule has 3 heterocycles. The van der Waals surface area contributed by atoms with E-state index in [0.29, 0.717) is 0 Å². The van der Waals surface area contributed by atoms with E-state index < -0.39 is 22.7 Å². The zero-order chi connectivity index (χ0) is 24.2. The number of imidazole rings is 1. The third kappa shape index (κ3) is 3.01. The van der Waals surface area contributed by atoms with Gasteiger partial charge in [-0.1, -0.05) is 0 Å². The number of nitrogens with one attached hydrogen (secondary N) is 1. The molecule has 0 bridgehead atoms. The Morgan fingerprint density at radius 2 is 2.15 bits per heavy atom. The van der Waals surface area contributed by atoms with Gasteiger partial charge in [0.15, 0.2) is 5.16 Å². The van der Waals surface area contributed by atoms with Gasteiger partial charge >= 0.3 is 0 Å². The van der Waals surface area contributed by atoms with E-state index in [1.807, 2.05) is 0 Å². The highest BCUT2D eigenvalue weighted by atomic mass is 32.2. The number of H-pyrrole nitrogens is 1. The fraction of sp³-hybridized carbons (Fsp3) is 0.158. The Balaban J connectivity index is 1.88. The number of fused-ring (bicyclic) bond motifs is 1. The van der Waals surface area contributed by atoms with Gasteiger partial charge in [-0.05, 0) is 43.2 Å². The van der Waals surface area contributed by atoms with E-state index in [9.17, 15) is 4.21 Å². The second-order valence-electron chi connectivity index (χ2n) is 5.31. The molecule has 0 aliphatic rings. The van der Waals surface area contributed by atoms with Gasteiger partial charge in [-0.15, -0.1) is 0 Å². The molecule has 4 aromatic rings. The Kier molecular flexibility index (Phi) is 2.67. The maximum Gasteiger partial charge on any atom is 0.197 e. The lowest BCUT2D eigenvalue weighted by Gasteiger charge is -2.08. The van der Waals surface area contributed by atoms with Crippen LogP contribution in [0.25, 0.3) is 16.7 Å². The Labute approximate surface area is 163 Å². The van der Waals surface area contributed by atoms with Crippen LogP contribution in [0.1, 0.15) is 20.9 Å². The van der Waals surface area contributed by atoms with Crippen LogP contribution in [0.15, 0.2) is 60.0 Å². The molecule has 1 atom stereocenters. The summed E-state index contributed by atoms with van der Waals surface area (Å²) >= 11 is 0. The molecule has 1 N–H and O–H groups in total. The van der Waals surface area contributed by atoms with Crippen molar-refractivity contribution in [3.63, 3.8) is 0 Å². The molecule has 26 heavy (non-hydrogen) atoms. The summed E-state index contributed by atoms with van der Waals surface area (Å²) in [5.74, 6) is -0.0485. The molecular formula is C19H18N4O2S. The summed E-state index contributed by atoms with van der Waals surface area (Å²) in [7, 11) is -1.23. The van der Waals surface area contributed by atoms with Crippen LogP contribution in [0.3, 0.4) is 0 Å². The molecule has 3 aromatic heterocycles. The van der Waals surface area contributed by atoms with Crippen LogP contribution >= 0.6 is 0 Å². The fourth-order valence-corrected chi connectivity index (χ4v) is 3.20. The van der Waals surface area contributed by atoms with Gasteiger partial charge in [0, 0.05) is 32.6 Å². The van der Waals surface area contributed by atoms with Gasteiger partial charge in [0.2, 0.25) is 0 Å². The van der Waals surface area contributed by atoms with Gasteiger partial charge < -0.3 is 14.3 Å². The first-order valence-electron chi connectivity index (χ1n) is 11.1. The SMILES string of the molecule is [2H]c1nc(C([2H])([2H])S(=O)c2nc3c([2H])c([2H])c(-n4cccc4)c([2H])c3[nH]2)c(C)c(OC)c1[2H]. The largest absolute Gasteiger partial charge is 0.496 e. The van der Waals surface area contributed by atoms with Crippen molar-refractivity contribution in [2.24, 2.45) is 0 Å². The summed E-state index contributed by atoms with van der Waals surface area (Å²) in [4.78, 5) is 10.6. The lowest BCUT2D eigenvalue weighted by atomic mass is 10.2. The summed E-state index contributed by atoms with van der Waals surface area (Å²) in [6, 6.07) is 2.40. The first-order chi connectivity index (χ1) is 15.5. The molecule has 1 unspecified atom stereocenters. The molecular weight excluding hydrogens is 348 g/mol. The molecule has 0 saturated carbocycles. The standard InChI is InChI=1S/C19H18N4O2S/c1-13-17(20-8-7-18(13)25-2)12-26(24)19-21-15-6-5-14(11-16(15)22-19)23-9-3-4-10-23/h3-11H,12H2,1-2H3,(H,21,22)/i5D,6D,7D,8D,11D,12D2. The van der Waals surface area contributed by atoms with Crippen molar-refractivity contribution in [2.75, 3.05) is 7.11 Å². The Bertz CT molecular complexity index is 1420. The minimum Gasteiger partial charge on any atom is -0.496 e. The summed E-state index contributed by atoms with van der Waals surface area (Å²) in [6.07, 6.45) is 2.72. The number of hydrogen-bond donors (Lipinski definition) is 1. The minimum absolute atomic E-state index is 0.0452. The van der Waals surface area contributed by atoms with E-state index in [-0.39, 0.29) is 63.1 Å². The van der Waals surface area contributed by atoms with Crippen LogP contribution in [0.4, 0.5) is 0 Å². The maximum atomic E-state index is 13.3. The lowest BCUT2D eigenvalue weighted by Crippen LogP contribution is -2.03. The number of hydrogen-bond acceptors (Lipinski definition) is 4. The van der Waals surface area contributed by atoms with Crippen molar-refractivity contribution in [1.29, 1.82) is 0 Å². The van der Waals surface area contributed by atoms with E-state index >= 15 is 0 Å². The average molecular weight is 373 g/mol. The third-order valence-corrected chi connectivity index (χ3v) is 4.61. The van der Waals surface area contributed by atoms with E-state index in [2.05, 4.69) is 15.0 Å². The summed E-state index contributed by atoms with van der Waals surface area (Å²) in [5, 5.41) is -0.345. The van der Waals surface area contributed by atoms with Crippen molar-refractivity contribution in [1.82, 2.24) is 19.5 Å². The summed E-state index contributed by atoms with van der Waals surface area (Å²) in [5.41, 5.74) is -2.77. The zero-order valence-electron chi connectivity index (χ0n) is 20.9. The molecule has 132 valence electrons. The van der Waals surface area contributed by atoms with Crippen molar-refractivity contribution in [3.8, 4) is 11.4 Å². The van der Waals surface area contributed by atoms with Gasteiger partial charge in [-0.3, -0.25) is 9.19 Å². The fourth-order valence-electron chi connectivity index (χ4n) is 2.36. The first kappa shape index (κ1) is 10.3. The number of nitrogens with zero attached hydrogens (tertiary/aromatic N) is 3. The average Bonchev–Trinajstić information content (AvgIpc) is 3.45. The second-order valence-corrected chi connectivity index (χ2v) is 6.43. The normalized spacial score (nSPS) is 16.8. The van der Waals surface area contributed by atoms with Crippen molar-refractivity contribution in [3.05, 3.63) is 66.1 Å². The number of aromatic nitrogens is 4. The molecule has 0 fully saturated rings. The van der Waals surface area contributed by atoms with Crippen molar-refractivity contribution < 1.29 is 18.5 Å². The first-order valence-corrected chi connectivity index (χ1v) is 8.72. The molecule has 0 aliphatic heterocycles. The zero-order valence-corrected chi connectivity index (χ0v) is 14.7. The summed E-state index contributed by atoms with van der Waals surface area (Å²) in [6.45, 7) is 1.45. The summed E-state index contributed by atoms with van der Waals surface area (Å²) < 4.78 is 77.7. The third-order valence-electron chi connectivity index (χ3n) is 3.69. The molecule has 7 heteroatoms. The van der Waals surface area contributed by atoms with E-state index in [1.165, 1.54) is 18.6 Å². The quantitative estimate of drug-likeness (QED) is 0.582. The molecule has 6 nitrogen and oxygen atoms in total. The maximum absolute atomic E-state index is 13.3. The van der Waals surface area contributed by atoms with Crippen LogP contribution in [-0.4, -0.2) is 30.8 Å². The molecule has 0 radical (unpaired) electrons. The number of pyridine rings is 1. The molecule has 0 aliphatic carbocycles. The Morgan fingerprint density at radius 3 is 2.92 bits per heavy atom.